The van der Waals surface area contributed by atoms with Crippen molar-refractivity contribution < 1.29 is 12.9 Å². The molecule has 1 saturated carbocycles. The molecule has 2 aromatic carbocycles. The summed E-state index contributed by atoms with van der Waals surface area (Å²) in [6.45, 7) is 2.09. The van der Waals surface area contributed by atoms with Crippen LogP contribution in [-0.2, 0) is 0 Å². The number of benzene rings is 2. The predicted octanol–water partition coefficient (Wildman–Crippen LogP) is 6.71. The minimum absolute atomic E-state index is 0.273. The zero-order valence-corrected chi connectivity index (χ0v) is 13.4. The van der Waals surface area contributed by atoms with Crippen LogP contribution in [0.25, 0.3) is 11.1 Å². The molecule has 0 bridgehead atoms. The van der Waals surface area contributed by atoms with Crippen LogP contribution in [0.3, 0.4) is 0 Å². The summed E-state index contributed by atoms with van der Waals surface area (Å²) >= 11 is 0. The average Bonchev–Trinajstić information content (AvgIpc) is 2.57. The Kier molecular flexibility index (Phi) is 4.00. The van der Waals surface area contributed by atoms with Crippen LogP contribution < -0.4 is 0 Å². The largest absolute Gasteiger partial charge is 0.204 e. The fourth-order valence-electron chi connectivity index (χ4n) is 3.23. The van der Waals surface area contributed by atoms with E-state index in [0.29, 0.717) is 12.0 Å². The Hall–Kier alpha value is -1.70. The van der Waals surface area contributed by atoms with Crippen LogP contribution >= 0.6 is 0 Å². The van der Waals surface area contributed by atoms with Crippen molar-refractivity contribution in [1.29, 1.82) is 0 Å². The summed E-state index contributed by atoms with van der Waals surface area (Å²) in [6, 6.07) is 11.0. The first-order chi connectivity index (χ1) is 12.3. The highest BCUT2D eigenvalue weighted by Crippen LogP contribution is 2.38. The topological polar surface area (TPSA) is 0 Å². The number of hydrogen-bond acceptors (Lipinski definition) is 0. The van der Waals surface area contributed by atoms with Gasteiger partial charge >= 0.3 is 0 Å². The smallest absolute Gasteiger partial charge is 0.159 e. The Morgan fingerprint density at radius 1 is 1.00 bits per heavy atom. The van der Waals surface area contributed by atoms with Gasteiger partial charge in [0.05, 0.1) is 0 Å². The summed E-state index contributed by atoms with van der Waals surface area (Å²) < 4.78 is 52.0. The summed E-state index contributed by atoms with van der Waals surface area (Å²) in [6.07, 6.45) is 1.32. The van der Waals surface area contributed by atoms with Gasteiger partial charge in [0.2, 0.25) is 0 Å². The lowest BCUT2D eigenvalue weighted by atomic mass is 9.77. The van der Waals surface area contributed by atoms with Crippen LogP contribution in [-0.4, -0.2) is 0 Å². The highest BCUT2D eigenvalue weighted by Gasteiger charge is 2.21. The highest BCUT2D eigenvalue weighted by atomic mass is 19.2. The fraction of sp³-hybridized carbons (Fsp3) is 0.429. The molecule has 23 heavy (non-hydrogen) atoms. The van der Waals surface area contributed by atoms with E-state index < -0.39 is 30.3 Å². The summed E-state index contributed by atoms with van der Waals surface area (Å²) in [5.41, 5.74) is 2.12. The van der Waals surface area contributed by atoms with Crippen molar-refractivity contribution in [2.45, 2.75) is 51.3 Å². The molecule has 0 aliphatic heterocycles. The van der Waals surface area contributed by atoms with Gasteiger partial charge in [-0.05, 0) is 66.3 Å². The van der Waals surface area contributed by atoms with Gasteiger partial charge in [0, 0.05) is 4.11 Å². The molecule has 2 heteroatoms. The lowest BCUT2D eigenvalue weighted by Gasteiger charge is -2.28. The molecule has 1 unspecified atom stereocenters. The Labute approximate surface area is 141 Å². The van der Waals surface area contributed by atoms with E-state index in [4.69, 9.17) is 4.11 Å². The molecule has 122 valence electrons. The minimum Gasteiger partial charge on any atom is -0.204 e. The SMILES string of the molecule is [2H]C1C[C@H](CCC)CC([2H])([2H])[C@H]1c1ccc(-c2ccc(F)c(F)c2)cc1. The Morgan fingerprint density at radius 2 is 1.74 bits per heavy atom. The first kappa shape index (κ1) is 12.7. The molecule has 0 N–H and O–H groups in total. The maximum absolute atomic E-state index is 13.4. The molecule has 2 aromatic rings. The van der Waals surface area contributed by atoms with Gasteiger partial charge in [-0.1, -0.05) is 50.1 Å². The van der Waals surface area contributed by atoms with E-state index in [1.165, 1.54) is 6.07 Å². The van der Waals surface area contributed by atoms with E-state index in [9.17, 15) is 8.78 Å². The second-order valence-electron chi connectivity index (χ2n) is 6.26. The Bertz CT molecular complexity index is 758. The van der Waals surface area contributed by atoms with Gasteiger partial charge in [0.15, 0.2) is 11.6 Å². The normalized spacial score (nSPS) is 28.7. The number of hydrogen-bond donors (Lipinski definition) is 0. The number of rotatable bonds is 4. The summed E-state index contributed by atoms with van der Waals surface area (Å²) in [5.74, 6) is -1.95. The molecule has 1 aliphatic carbocycles. The number of halogens is 2. The van der Waals surface area contributed by atoms with Crippen LogP contribution in [0.5, 0.6) is 0 Å². The zero-order chi connectivity index (χ0) is 18.9. The van der Waals surface area contributed by atoms with E-state index in [2.05, 4.69) is 6.92 Å². The molecular weight excluding hydrogens is 290 g/mol. The molecule has 1 aliphatic rings. The third-order valence-electron chi connectivity index (χ3n) is 4.55. The molecule has 0 spiro atoms. The molecule has 0 nitrogen and oxygen atoms in total. The van der Waals surface area contributed by atoms with E-state index in [1.807, 2.05) is 12.1 Å². The zero-order valence-electron chi connectivity index (χ0n) is 16.4. The minimum atomic E-state index is -1.41. The van der Waals surface area contributed by atoms with Crippen molar-refractivity contribution in [2.75, 3.05) is 0 Å². The Morgan fingerprint density at radius 3 is 2.39 bits per heavy atom. The quantitative estimate of drug-likeness (QED) is 0.588. The predicted molar refractivity (Wildman–Crippen MR) is 91.4 cm³/mol. The highest BCUT2D eigenvalue weighted by molar-refractivity contribution is 5.63. The summed E-state index contributed by atoms with van der Waals surface area (Å²) in [5, 5.41) is 0. The molecule has 0 aromatic heterocycles. The van der Waals surface area contributed by atoms with Crippen LogP contribution in [0.2, 0.25) is 0 Å². The second-order valence-corrected chi connectivity index (χ2v) is 6.26. The van der Waals surface area contributed by atoms with Crippen molar-refractivity contribution in [3.63, 3.8) is 0 Å². The third-order valence-corrected chi connectivity index (χ3v) is 4.55. The van der Waals surface area contributed by atoms with Gasteiger partial charge in [-0.15, -0.1) is 0 Å². The molecule has 3 atom stereocenters. The fourth-order valence-corrected chi connectivity index (χ4v) is 3.23. The molecule has 3 rings (SSSR count). The van der Waals surface area contributed by atoms with Crippen molar-refractivity contribution >= 4 is 0 Å². The van der Waals surface area contributed by atoms with Crippen molar-refractivity contribution in [1.82, 2.24) is 0 Å². The molecule has 0 saturated heterocycles. The van der Waals surface area contributed by atoms with Gasteiger partial charge in [-0.3, -0.25) is 0 Å². The van der Waals surface area contributed by atoms with Crippen LogP contribution in [0, 0.1) is 17.6 Å². The maximum atomic E-state index is 13.4. The summed E-state index contributed by atoms with van der Waals surface area (Å²) in [7, 11) is 0. The van der Waals surface area contributed by atoms with Gasteiger partial charge in [0.25, 0.3) is 0 Å². The van der Waals surface area contributed by atoms with Gasteiger partial charge in [-0.2, -0.15) is 0 Å². The average molecular weight is 317 g/mol. The Balaban J connectivity index is 1.84. The van der Waals surface area contributed by atoms with Gasteiger partial charge in [-0.25, -0.2) is 8.78 Å². The second kappa shape index (κ2) is 7.25. The molecule has 0 heterocycles. The molecule has 1 fully saturated rings. The lowest BCUT2D eigenvalue weighted by molar-refractivity contribution is 0.308. The summed E-state index contributed by atoms with van der Waals surface area (Å²) in [4.78, 5) is 0. The van der Waals surface area contributed by atoms with Crippen molar-refractivity contribution in [3.8, 4) is 11.1 Å². The van der Waals surface area contributed by atoms with Gasteiger partial charge < -0.3 is 0 Å². The standard InChI is InChI=1S/C21H24F2/c1-2-3-15-4-6-16(7-5-15)17-8-10-18(11-9-17)19-12-13-20(22)21(23)14-19/h8-16H,2-7H2,1H3/t15-,16-/i6D,7D2/t6?,15-,16-/m0/s1. The van der Waals surface area contributed by atoms with Gasteiger partial charge in [0.1, 0.15) is 0 Å². The molecular formula is C21H24F2. The third kappa shape index (κ3) is 3.80. The van der Waals surface area contributed by atoms with E-state index in [1.54, 1.807) is 12.1 Å². The first-order valence-corrected chi connectivity index (χ1v) is 8.29. The van der Waals surface area contributed by atoms with Crippen LogP contribution in [0.4, 0.5) is 8.78 Å². The first-order valence-electron chi connectivity index (χ1n) is 9.87. The molecule has 0 amide bonds. The lowest BCUT2D eigenvalue weighted by Crippen LogP contribution is -2.13. The van der Waals surface area contributed by atoms with Crippen molar-refractivity contribution in [2.24, 2.45) is 5.92 Å². The monoisotopic (exact) mass is 317 g/mol. The molecule has 0 radical (unpaired) electrons. The maximum Gasteiger partial charge on any atom is 0.159 e. The van der Waals surface area contributed by atoms with Crippen molar-refractivity contribution in [3.05, 3.63) is 59.7 Å². The van der Waals surface area contributed by atoms with E-state index in [-0.39, 0.29) is 5.92 Å². The van der Waals surface area contributed by atoms with E-state index >= 15 is 0 Å². The van der Waals surface area contributed by atoms with Crippen LogP contribution in [0.15, 0.2) is 42.5 Å². The van der Waals surface area contributed by atoms with Crippen LogP contribution in [0.1, 0.15) is 61.0 Å². The van der Waals surface area contributed by atoms with E-state index in [0.717, 1.165) is 42.5 Å².